The Morgan fingerprint density at radius 1 is 0.949 bits per heavy atom. The second kappa shape index (κ2) is 20.6. The number of nitrogens with zero attached hydrogens (tertiary/aromatic N) is 3. The van der Waals surface area contributed by atoms with Gasteiger partial charge in [0, 0.05) is 50.5 Å². The SMILES string of the molecule is CC(C)OC(=O)OCOP(CCCN1n2cc(C(=O)NCc3ccc(F)cc3F)c(=O)c(OCc3ccccc3)c2C(=O)N(C)C12CCOC2)OCOC(=O)OC(C)C. The molecule has 3 heterocycles. The van der Waals surface area contributed by atoms with Crippen LogP contribution in [0.15, 0.2) is 59.5 Å². The van der Waals surface area contributed by atoms with Gasteiger partial charge in [-0.25, -0.2) is 18.4 Å². The number of likely N-dealkylation sites (N-methyl/N-ethyl adjacent to an activating group) is 1. The monoisotopic (exact) mass is 848 g/mol. The Morgan fingerprint density at radius 3 is 2.20 bits per heavy atom. The minimum absolute atomic E-state index is 0.0239. The normalized spacial score (nSPS) is 16.1. The maximum absolute atomic E-state index is 14.5. The van der Waals surface area contributed by atoms with Gasteiger partial charge < -0.3 is 38.6 Å². The summed E-state index contributed by atoms with van der Waals surface area (Å²) in [7, 11) is -0.318. The average Bonchev–Trinajstić information content (AvgIpc) is 3.67. The standard InChI is InChI=1S/C39H47F2N4O13P/c1-25(2)57-37(49)53-23-55-59(56-24-54-38(50)58-26(3)4)17-9-15-45-39(14-16-51-22-39)43(5)36(48)32-34(52-21-27-10-7-6-8-11-27)33(46)30(20-44(32)45)35(47)42-19-28-12-13-29(40)18-31(28)41/h6-8,10-13,18,20,25-26H,9,14-17,19,21-24H2,1-5H3,(H,42,47). The molecule has 320 valence electrons. The number of carbonyl (C=O) groups is 4. The Kier molecular flexibility index (Phi) is 15.6. The molecule has 0 radical (unpaired) electrons. The summed E-state index contributed by atoms with van der Waals surface area (Å²) in [6.45, 7) is 5.48. The van der Waals surface area contributed by atoms with E-state index in [1.807, 2.05) is 0 Å². The molecule has 1 N–H and O–H groups in total. The Labute approximate surface area is 340 Å². The van der Waals surface area contributed by atoms with Crippen LogP contribution in [0.4, 0.5) is 18.4 Å². The number of nitrogens with one attached hydrogen (secondary N) is 1. The van der Waals surface area contributed by atoms with Gasteiger partial charge in [0.25, 0.3) is 11.8 Å². The van der Waals surface area contributed by atoms with E-state index in [9.17, 15) is 32.8 Å². The van der Waals surface area contributed by atoms with E-state index in [0.29, 0.717) is 18.1 Å². The lowest BCUT2D eigenvalue weighted by atomic mass is 10.0. The molecular formula is C39H47F2N4O13P. The van der Waals surface area contributed by atoms with Gasteiger partial charge in [-0.05, 0) is 45.7 Å². The number of ether oxygens (including phenoxy) is 6. The molecule has 0 aliphatic carbocycles. The molecule has 2 amide bonds. The van der Waals surface area contributed by atoms with E-state index < -0.39 is 92.3 Å². The van der Waals surface area contributed by atoms with E-state index in [1.54, 1.807) is 70.1 Å². The van der Waals surface area contributed by atoms with Crippen LogP contribution in [0, 0.1) is 11.6 Å². The Hall–Kier alpha value is -5.36. The third-order valence-corrected chi connectivity index (χ3v) is 10.5. The van der Waals surface area contributed by atoms with Crippen LogP contribution in [0.25, 0.3) is 0 Å². The van der Waals surface area contributed by atoms with Gasteiger partial charge in [-0.15, -0.1) is 0 Å². The molecule has 2 aliphatic rings. The Bertz CT molecular complexity index is 1990. The van der Waals surface area contributed by atoms with Gasteiger partial charge in [-0.3, -0.25) is 33.1 Å². The van der Waals surface area contributed by atoms with Gasteiger partial charge in [0.1, 0.15) is 23.8 Å². The molecule has 3 aromatic rings. The molecule has 59 heavy (non-hydrogen) atoms. The van der Waals surface area contributed by atoms with Gasteiger partial charge in [0.15, 0.2) is 25.5 Å². The van der Waals surface area contributed by atoms with Crippen molar-refractivity contribution in [3.63, 3.8) is 0 Å². The van der Waals surface area contributed by atoms with Crippen molar-refractivity contribution in [1.82, 2.24) is 14.9 Å². The number of carbonyl (C=O) groups excluding carboxylic acids is 4. The summed E-state index contributed by atoms with van der Waals surface area (Å²) < 4.78 is 72.8. The Balaban J connectivity index is 1.46. The molecule has 1 saturated heterocycles. The lowest BCUT2D eigenvalue weighted by Gasteiger charge is -2.52. The molecule has 1 atom stereocenters. The smallest absolute Gasteiger partial charge is 0.482 e. The molecule has 20 heteroatoms. The van der Waals surface area contributed by atoms with Crippen molar-refractivity contribution in [1.29, 1.82) is 0 Å². The van der Waals surface area contributed by atoms with E-state index in [1.165, 1.54) is 21.8 Å². The Morgan fingerprint density at radius 2 is 1.61 bits per heavy atom. The van der Waals surface area contributed by atoms with Crippen LogP contribution < -0.4 is 20.5 Å². The van der Waals surface area contributed by atoms with Gasteiger partial charge in [0.2, 0.25) is 19.0 Å². The first-order valence-electron chi connectivity index (χ1n) is 18.7. The van der Waals surface area contributed by atoms with E-state index in [-0.39, 0.29) is 56.8 Å². The maximum atomic E-state index is 14.5. The van der Waals surface area contributed by atoms with Crippen molar-refractivity contribution in [2.24, 2.45) is 0 Å². The zero-order chi connectivity index (χ0) is 42.7. The molecule has 1 fully saturated rings. The van der Waals surface area contributed by atoms with Crippen molar-refractivity contribution in [2.45, 2.75) is 71.6 Å². The zero-order valence-electron chi connectivity index (χ0n) is 33.3. The predicted molar refractivity (Wildman–Crippen MR) is 206 cm³/mol. The lowest BCUT2D eigenvalue weighted by Crippen LogP contribution is -2.70. The first-order valence-corrected chi connectivity index (χ1v) is 20.1. The third kappa shape index (κ3) is 11.4. The molecule has 1 spiro atoms. The minimum Gasteiger partial charge on any atom is -0.482 e. The fourth-order valence-electron chi connectivity index (χ4n) is 6.21. The van der Waals surface area contributed by atoms with Gasteiger partial charge >= 0.3 is 12.3 Å². The third-order valence-electron chi connectivity index (χ3n) is 9.05. The van der Waals surface area contributed by atoms with Crippen molar-refractivity contribution < 1.29 is 65.4 Å². The number of hydrogen-bond acceptors (Lipinski definition) is 14. The summed E-state index contributed by atoms with van der Waals surface area (Å²) in [6, 6.07) is 11.8. The van der Waals surface area contributed by atoms with Gasteiger partial charge in [0.05, 0.1) is 25.4 Å². The predicted octanol–water partition coefficient (Wildman–Crippen LogP) is 5.55. The molecule has 17 nitrogen and oxygen atoms in total. The fraction of sp³-hybridized carbons (Fsp3) is 0.462. The minimum atomic E-state index is -1.90. The first-order chi connectivity index (χ1) is 28.2. The van der Waals surface area contributed by atoms with E-state index in [0.717, 1.165) is 6.07 Å². The van der Waals surface area contributed by atoms with E-state index >= 15 is 0 Å². The maximum Gasteiger partial charge on any atom is 0.510 e. The van der Waals surface area contributed by atoms with Crippen molar-refractivity contribution in [2.75, 3.05) is 51.6 Å². The second-order valence-electron chi connectivity index (χ2n) is 13.9. The van der Waals surface area contributed by atoms with Crippen LogP contribution in [0.5, 0.6) is 5.75 Å². The largest absolute Gasteiger partial charge is 0.510 e. The lowest BCUT2D eigenvalue weighted by molar-refractivity contribution is -0.0237. The van der Waals surface area contributed by atoms with Crippen LogP contribution in [0.1, 0.15) is 72.5 Å². The summed E-state index contributed by atoms with van der Waals surface area (Å²) >= 11 is 0. The molecule has 0 saturated carbocycles. The molecule has 2 aliphatic heterocycles. The van der Waals surface area contributed by atoms with Crippen LogP contribution in [0.2, 0.25) is 0 Å². The van der Waals surface area contributed by atoms with Crippen LogP contribution in [-0.2, 0) is 45.9 Å². The number of aromatic nitrogens is 1. The quantitative estimate of drug-likeness (QED) is 0.0956. The second-order valence-corrected chi connectivity index (χ2v) is 15.5. The molecule has 1 unspecified atom stereocenters. The number of amides is 2. The topological polar surface area (TPSA) is 183 Å². The highest BCUT2D eigenvalue weighted by molar-refractivity contribution is 7.47. The molecular weight excluding hydrogens is 801 g/mol. The number of rotatable bonds is 18. The van der Waals surface area contributed by atoms with Crippen molar-refractivity contribution in [3.8, 4) is 5.75 Å². The van der Waals surface area contributed by atoms with Crippen molar-refractivity contribution >= 4 is 32.5 Å². The summed E-state index contributed by atoms with van der Waals surface area (Å²) in [6.07, 6.45) is -0.806. The van der Waals surface area contributed by atoms with Gasteiger partial charge in [-0.2, -0.15) is 0 Å². The van der Waals surface area contributed by atoms with E-state index in [4.69, 9.17) is 37.5 Å². The van der Waals surface area contributed by atoms with Crippen molar-refractivity contribution in [3.05, 3.63) is 99.0 Å². The molecule has 2 aromatic carbocycles. The number of pyridine rings is 1. The highest BCUT2D eigenvalue weighted by Crippen LogP contribution is 2.41. The highest BCUT2D eigenvalue weighted by atomic mass is 31.2. The van der Waals surface area contributed by atoms with E-state index in [2.05, 4.69) is 5.32 Å². The zero-order valence-corrected chi connectivity index (χ0v) is 34.2. The summed E-state index contributed by atoms with van der Waals surface area (Å²) in [5, 5.41) is 4.31. The van der Waals surface area contributed by atoms with Crippen LogP contribution >= 0.6 is 8.38 Å². The number of halogens is 2. The van der Waals surface area contributed by atoms with Crippen LogP contribution in [0.3, 0.4) is 0 Å². The number of benzene rings is 2. The summed E-state index contributed by atoms with van der Waals surface area (Å²) in [5.41, 5.74) is -1.90. The molecule has 5 rings (SSSR count). The molecule has 1 aromatic heterocycles. The summed E-state index contributed by atoms with van der Waals surface area (Å²) in [5.74, 6) is -3.56. The average molecular weight is 849 g/mol. The summed E-state index contributed by atoms with van der Waals surface area (Å²) in [4.78, 5) is 67.7. The first kappa shape index (κ1) is 44.7. The molecule has 0 bridgehead atoms. The number of hydrogen-bond donors (Lipinski definition) is 1. The van der Waals surface area contributed by atoms with Crippen LogP contribution in [-0.4, -0.2) is 98.1 Å². The fourth-order valence-corrected chi connectivity index (χ4v) is 7.28. The van der Waals surface area contributed by atoms with Gasteiger partial charge in [-0.1, -0.05) is 36.4 Å². The number of fused-ring (bicyclic) bond motifs is 1. The highest BCUT2D eigenvalue weighted by Gasteiger charge is 2.52.